The van der Waals surface area contributed by atoms with E-state index in [2.05, 4.69) is 5.32 Å². The minimum Gasteiger partial charge on any atom is -0.318 e. The molecule has 1 N–H and O–H groups in total. The molecule has 0 spiro atoms. The van der Waals surface area contributed by atoms with Gasteiger partial charge in [0.05, 0.1) is 5.56 Å². The fourth-order valence-corrected chi connectivity index (χ4v) is 3.56. The fourth-order valence-electron chi connectivity index (χ4n) is 3.34. The summed E-state index contributed by atoms with van der Waals surface area (Å²) in [5, 5.41) is 6.73. The smallest absolute Gasteiger partial charge is 0.262 e. The van der Waals surface area contributed by atoms with Gasteiger partial charge < -0.3 is 5.32 Å². The first-order valence-corrected chi connectivity index (χ1v) is 8.16. The van der Waals surface area contributed by atoms with Crippen LogP contribution in [0.2, 0.25) is 5.02 Å². The van der Waals surface area contributed by atoms with Crippen molar-refractivity contribution in [3.05, 3.63) is 58.6 Å². The molecule has 0 saturated heterocycles. The molecule has 0 aliphatic carbocycles. The van der Waals surface area contributed by atoms with E-state index >= 15 is 0 Å². The van der Waals surface area contributed by atoms with Crippen LogP contribution in [-0.4, -0.2) is 36.9 Å². The van der Waals surface area contributed by atoms with Crippen molar-refractivity contribution in [2.24, 2.45) is 0 Å². The zero-order chi connectivity index (χ0) is 16.8. The molecule has 1 heterocycles. The summed E-state index contributed by atoms with van der Waals surface area (Å²) in [6, 6.07) is 13.1. The Morgan fingerprint density at radius 3 is 2.62 bits per heavy atom. The van der Waals surface area contributed by atoms with Gasteiger partial charge in [-0.1, -0.05) is 35.9 Å². The predicted molar refractivity (Wildman–Crippen MR) is 95.8 cm³/mol. The van der Waals surface area contributed by atoms with Crippen LogP contribution in [0.15, 0.2) is 42.5 Å². The van der Waals surface area contributed by atoms with Crippen LogP contribution in [0.25, 0.3) is 21.5 Å². The Hall–Kier alpha value is -2.43. The molecule has 3 aromatic carbocycles. The van der Waals surface area contributed by atoms with Crippen molar-refractivity contribution >= 4 is 45.0 Å². The van der Waals surface area contributed by atoms with E-state index in [1.807, 2.05) is 30.3 Å². The first kappa shape index (κ1) is 15.1. The van der Waals surface area contributed by atoms with Gasteiger partial charge in [-0.15, -0.1) is 0 Å². The Bertz CT molecular complexity index is 1010. The normalized spacial score (nSPS) is 14.0. The summed E-state index contributed by atoms with van der Waals surface area (Å²) < 4.78 is 0. The van der Waals surface area contributed by atoms with Gasteiger partial charge in [0.25, 0.3) is 11.8 Å². The highest BCUT2D eigenvalue weighted by molar-refractivity contribution is 6.39. The van der Waals surface area contributed by atoms with Crippen molar-refractivity contribution in [1.29, 1.82) is 0 Å². The number of nitrogens with zero attached hydrogens (tertiary/aromatic N) is 1. The number of likely N-dealkylation sites (N-methyl/N-ethyl adjacent to an activating group) is 1. The summed E-state index contributed by atoms with van der Waals surface area (Å²) >= 11 is 6.35. The van der Waals surface area contributed by atoms with E-state index < -0.39 is 0 Å². The molecule has 0 saturated carbocycles. The number of nitrogens with one attached hydrogen (secondary N) is 1. The first-order valence-electron chi connectivity index (χ1n) is 7.78. The third-order valence-electron chi connectivity index (χ3n) is 4.49. The van der Waals surface area contributed by atoms with Crippen LogP contribution >= 0.6 is 11.6 Å². The number of amides is 2. The van der Waals surface area contributed by atoms with Gasteiger partial charge in [-0.3, -0.25) is 14.5 Å². The standard InChI is InChI=1S/C19H15ClN2O2/c1-21-8-9-22-18(23)13-6-7-15(20)14-10-11-4-2-3-5-12(11)17(16(13)14)19(22)24/h2-7,10,21H,8-9H2,1H3. The Balaban J connectivity index is 2.12. The minimum absolute atomic E-state index is 0.258. The molecule has 4 rings (SSSR count). The minimum atomic E-state index is -0.264. The second-order valence-corrected chi connectivity index (χ2v) is 6.26. The van der Waals surface area contributed by atoms with Gasteiger partial charge >= 0.3 is 0 Å². The molecule has 0 radical (unpaired) electrons. The van der Waals surface area contributed by atoms with Crippen LogP contribution in [0.1, 0.15) is 20.7 Å². The SMILES string of the molecule is CNCCN1C(=O)c2ccc(Cl)c3cc4ccccc4c(c23)C1=O. The summed E-state index contributed by atoms with van der Waals surface area (Å²) in [5.74, 6) is -0.522. The van der Waals surface area contributed by atoms with Crippen LogP contribution in [0.5, 0.6) is 0 Å². The van der Waals surface area contributed by atoms with Gasteiger partial charge in [0.15, 0.2) is 0 Å². The number of carbonyl (C=O) groups is 2. The van der Waals surface area contributed by atoms with E-state index in [1.54, 1.807) is 19.2 Å². The highest BCUT2D eigenvalue weighted by Gasteiger charge is 2.34. The molecule has 3 aromatic rings. The van der Waals surface area contributed by atoms with Crippen LogP contribution in [0, 0.1) is 0 Å². The third-order valence-corrected chi connectivity index (χ3v) is 4.82. The maximum atomic E-state index is 13.1. The van der Waals surface area contributed by atoms with E-state index in [0.717, 1.165) is 16.2 Å². The molecule has 0 bridgehead atoms. The van der Waals surface area contributed by atoms with Crippen molar-refractivity contribution in [2.45, 2.75) is 0 Å². The van der Waals surface area contributed by atoms with Crippen LogP contribution in [0.3, 0.4) is 0 Å². The molecule has 5 heteroatoms. The van der Waals surface area contributed by atoms with Gasteiger partial charge in [0.2, 0.25) is 0 Å². The number of rotatable bonds is 3. The number of fused-ring (bicyclic) bond motifs is 2. The molecule has 0 unspecified atom stereocenters. The van der Waals surface area contributed by atoms with Crippen molar-refractivity contribution in [3.8, 4) is 0 Å². The van der Waals surface area contributed by atoms with E-state index in [9.17, 15) is 9.59 Å². The number of benzene rings is 3. The molecule has 1 aliphatic heterocycles. The molecule has 0 aromatic heterocycles. The van der Waals surface area contributed by atoms with Crippen LogP contribution in [0.4, 0.5) is 0 Å². The average molecular weight is 339 g/mol. The molecule has 0 atom stereocenters. The second-order valence-electron chi connectivity index (χ2n) is 5.86. The van der Waals surface area contributed by atoms with Gasteiger partial charge in [0.1, 0.15) is 0 Å². The van der Waals surface area contributed by atoms with Gasteiger partial charge in [-0.2, -0.15) is 0 Å². The summed E-state index contributed by atoms with van der Waals surface area (Å²) in [6.07, 6.45) is 0. The predicted octanol–water partition coefficient (Wildman–Crippen LogP) is 3.46. The maximum Gasteiger partial charge on any atom is 0.262 e. The Morgan fingerprint density at radius 1 is 1.04 bits per heavy atom. The lowest BCUT2D eigenvalue weighted by atomic mass is 9.89. The summed E-state index contributed by atoms with van der Waals surface area (Å²) in [6.45, 7) is 0.884. The zero-order valence-electron chi connectivity index (χ0n) is 13.1. The molecule has 24 heavy (non-hydrogen) atoms. The summed E-state index contributed by atoms with van der Waals surface area (Å²) in [7, 11) is 1.79. The highest BCUT2D eigenvalue weighted by Crippen LogP contribution is 2.38. The van der Waals surface area contributed by atoms with E-state index in [4.69, 9.17) is 11.6 Å². The van der Waals surface area contributed by atoms with E-state index in [-0.39, 0.29) is 11.8 Å². The molecule has 120 valence electrons. The van der Waals surface area contributed by atoms with Crippen molar-refractivity contribution in [3.63, 3.8) is 0 Å². The Kier molecular flexibility index (Phi) is 3.52. The topological polar surface area (TPSA) is 49.4 Å². The Labute approximate surface area is 144 Å². The first-order chi connectivity index (χ1) is 11.6. The van der Waals surface area contributed by atoms with E-state index in [1.165, 1.54) is 4.90 Å². The molecule has 0 fully saturated rings. The maximum absolute atomic E-state index is 13.1. The van der Waals surface area contributed by atoms with Crippen molar-refractivity contribution in [2.75, 3.05) is 20.1 Å². The summed E-state index contributed by atoms with van der Waals surface area (Å²) in [4.78, 5) is 27.2. The van der Waals surface area contributed by atoms with Gasteiger partial charge in [-0.05, 0) is 36.0 Å². The van der Waals surface area contributed by atoms with Crippen LogP contribution < -0.4 is 5.32 Å². The molecule has 1 aliphatic rings. The number of hydrogen-bond acceptors (Lipinski definition) is 3. The Morgan fingerprint density at radius 2 is 1.83 bits per heavy atom. The van der Waals surface area contributed by atoms with Crippen molar-refractivity contribution < 1.29 is 9.59 Å². The number of imide groups is 1. The lowest BCUT2D eigenvalue weighted by Crippen LogP contribution is -2.43. The fraction of sp³-hybridized carbons (Fsp3) is 0.158. The third kappa shape index (κ3) is 2.04. The summed E-state index contributed by atoms with van der Waals surface area (Å²) in [5.41, 5.74) is 1.10. The lowest BCUT2D eigenvalue weighted by molar-refractivity contribution is 0.0614. The second kappa shape index (κ2) is 5.58. The number of halogens is 1. The molecule has 2 amide bonds. The zero-order valence-corrected chi connectivity index (χ0v) is 13.9. The highest BCUT2D eigenvalue weighted by atomic mass is 35.5. The molecular weight excluding hydrogens is 324 g/mol. The monoisotopic (exact) mass is 338 g/mol. The quantitative estimate of drug-likeness (QED) is 0.587. The van der Waals surface area contributed by atoms with Crippen molar-refractivity contribution in [1.82, 2.24) is 10.2 Å². The lowest BCUT2D eigenvalue weighted by Gasteiger charge is -2.28. The van der Waals surface area contributed by atoms with Crippen LogP contribution in [-0.2, 0) is 0 Å². The van der Waals surface area contributed by atoms with E-state index in [0.29, 0.717) is 34.6 Å². The molecule has 4 nitrogen and oxygen atoms in total. The van der Waals surface area contributed by atoms with Gasteiger partial charge in [-0.25, -0.2) is 0 Å². The van der Waals surface area contributed by atoms with Gasteiger partial charge in [0, 0.05) is 34.4 Å². The average Bonchev–Trinajstić information content (AvgIpc) is 2.59. The molecular formula is C19H15ClN2O2. The number of hydrogen-bond donors (Lipinski definition) is 1. The number of carbonyl (C=O) groups excluding carboxylic acids is 2. The largest absolute Gasteiger partial charge is 0.318 e.